The standard InChI is InChI=1S/C16H18N2O4S/c1-11-9-13(17-22-11)10-21-16(20)12-4-6-18(7-5-12)15(19)14-3-2-8-23-14/h2-3,8-9,12H,4-7,10H2,1H3. The number of carbonyl (C=O) groups excluding carboxylic acids is 2. The number of nitrogens with zero attached hydrogens (tertiary/aromatic N) is 2. The molecule has 2 aromatic heterocycles. The number of ether oxygens (including phenoxy) is 1. The molecular weight excluding hydrogens is 316 g/mol. The number of thiophene rings is 1. The van der Waals surface area contributed by atoms with Crippen LogP contribution < -0.4 is 0 Å². The zero-order valence-corrected chi connectivity index (χ0v) is 13.7. The Hall–Kier alpha value is -2.15. The van der Waals surface area contributed by atoms with Crippen LogP contribution in [0, 0.1) is 12.8 Å². The molecule has 0 N–H and O–H groups in total. The molecule has 3 heterocycles. The van der Waals surface area contributed by atoms with Crippen LogP contribution in [-0.4, -0.2) is 35.0 Å². The average molecular weight is 334 g/mol. The van der Waals surface area contributed by atoms with Gasteiger partial charge in [0, 0.05) is 19.2 Å². The third-order valence-corrected chi connectivity index (χ3v) is 4.74. The summed E-state index contributed by atoms with van der Waals surface area (Å²) in [6.07, 6.45) is 1.27. The lowest BCUT2D eigenvalue weighted by molar-refractivity contribution is -0.151. The number of amides is 1. The van der Waals surface area contributed by atoms with E-state index in [0.29, 0.717) is 37.4 Å². The van der Waals surface area contributed by atoms with Gasteiger partial charge in [-0.2, -0.15) is 0 Å². The summed E-state index contributed by atoms with van der Waals surface area (Å²) in [6, 6.07) is 5.44. The highest BCUT2D eigenvalue weighted by atomic mass is 32.1. The number of hydrogen-bond acceptors (Lipinski definition) is 6. The molecular formula is C16H18N2O4S. The summed E-state index contributed by atoms with van der Waals surface area (Å²) in [4.78, 5) is 26.9. The van der Waals surface area contributed by atoms with E-state index in [2.05, 4.69) is 5.16 Å². The van der Waals surface area contributed by atoms with Crippen LogP contribution in [0.1, 0.15) is 34.0 Å². The van der Waals surface area contributed by atoms with Crippen molar-refractivity contribution < 1.29 is 18.8 Å². The Kier molecular flexibility index (Phi) is 4.76. The lowest BCUT2D eigenvalue weighted by Crippen LogP contribution is -2.40. The first-order valence-electron chi connectivity index (χ1n) is 7.55. The number of aromatic nitrogens is 1. The van der Waals surface area contributed by atoms with Crippen LogP contribution in [0.25, 0.3) is 0 Å². The minimum atomic E-state index is -0.228. The molecule has 7 heteroatoms. The van der Waals surface area contributed by atoms with Crippen molar-refractivity contribution >= 4 is 23.2 Å². The van der Waals surface area contributed by atoms with Crippen LogP contribution in [0.5, 0.6) is 0 Å². The van der Waals surface area contributed by atoms with Crippen molar-refractivity contribution in [1.29, 1.82) is 0 Å². The molecule has 122 valence electrons. The molecule has 1 amide bonds. The summed E-state index contributed by atoms with van der Waals surface area (Å²) >= 11 is 1.44. The minimum absolute atomic E-state index is 0.0462. The predicted molar refractivity (Wildman–Crippen MR) is 84.0 cm³/mol. The second kappa shape index (κ2) is 6.95. The summed E-state index contributed by atoms with van der Waals surface area (Å²) in [5.41, 5.74) is 0.612. The van der Waals surface area contributed by atoms with Gasteiger partial charge in [-0.15, -0.1) is 11.3 Å². The van der Waals surface area contributed by atoms with Gasteiger partial charge in [0.1, 0.15) is 18.1 Å². The molecule has 6 nitrogen and oxygen atoms in total. The van der Waals surface area contributed by atoms with Crippen LogP contribution in [0.4, 0.5) is 0 Å². The number of aryl methyl sites for hydroxylation is 1. The van der Waals surface area contributed by atoms with Crippen molar-refractivity contribution in [2.75, 3.05) is 13.1 Å². The molecule has 0 atom stereocenters. The van der Waals surface area contributed by atoms with E-state index in [-0.39, 0.29) is 24.4 Å². The smallest absolute Gasteiger partial charge is 0.309 e. The Morgan fingerprint density at radius 2 is 2.22 bits per heavy atom. The van der Waals surface area contributed by atoms with Gasteiger partial charge in [-0.1, -0.05) is 11.2 Å². The number of piperidine rings is 1. The van der Waals surface area contributed by atoms with Crippen molar-refractivity contribution in [2.24, 2.45) is 5.92 Å². The second-order valence-corrected chi connectivity index (χ2v) is 6.53. The van der Waals surface area contributed by atoms with Gasteiger partial charge in [0.15, 0.2) is 0 Å². The van der Waals surface area contributed by atoms with E-state index in [0.717, 1.165) is 4.88 Å². The first-order chi connectivity index (χ1) is 11.1. The number of carbonyl (C=O) groups is 2. The van der Waals surface area contributed by atoms with Crippen molar-refractivity contribution in [3.8, 4) is 0 Å². The van der Waals surface area contributed by atoms with Gasteiger partial charge in [0.25, 0.3) is 5.91 Å². The zero-order valence-electron chi connectivity index (χ0n) is 12.9. The fourth-order valence-electron chi connectivity index (χ4n) is 2.62. The van der Waals surface area contributed by atoms with E-state index in [1.165, 1.54) is 11.3 Å². The van der Waals surface area contributed by atoms with Crippen molar-refractivity contribution in [1.82, 2.24) is 10.1 Å². The number of rotatable bonds is 4. The molecule has 0 spiro atoms. The van der Waals surface area contributed by atoms with E-state index in [9.17, 15) is 9.59 Å². The van der Waals surface area contributed by atoms with E-state index in [1.807, 2.05) is 17.5 Å². The summed E-state index contributed by atoms with van der Waals surface area (Å²) in [5.74, 6) is 0.352. The second-order valence-electron chi connectivity index (χ2n) is 5.58. The maximum absolute atomic E-state index is 12.3. The van der Waals surface area contributed by atoms with Gasteiger partial charge in [-0.05, 0) is 31.2 Å². The zero-order chi connectivity index (χ0) is 16.2. The first kappa shape index (κ1) is 15.7. The fraction of sp³-hybridized carbons (Fsp3) is 0.438. The molecule has 0 aliphatic carbocycles. The van der Waals surface area contributed by atoms with E-state index in [1.54, 1.807) is 17.9 Å². The predicted octanol–water partition coefficient (Wildman–Crippen LogP) is 2.64. The number of esters is 1. The van der Waals surface area contributed by atoms with Gasteiger partial charge in [0.2, 0.25) is 0 Å². The molecule has 1 aliphatic heterocycles. The Bertz CT molecular complexity index is 672. The highest BCUT2D eigenvalue weighted by Gasteiger charge is 2.29. The van der Waals surface area contributed by atoms with Crippen LogP contribution >= 0.6 is 11.3 Å². The Balaban J connectivity index is 1.46. The summed E-state index contributed by atoms with van der Waals surface area (Å²) in [7, 11) is 0. The highest BCUT2D eigenvalue weighted by Crippen LogP contribution is 2.22. The molecule has 0 unspecified atom stereocenters. The largest absolute Gasteiger partial charge is 0.459 e. The molecule has 1 saturated heterocycles. The monoisotopic (exact) mass is 334 g/mol. The molecule has 0 saturated carbocycles. The van der Waals surface area contributed by atoms with Crippen molar-refractivity contribution in [3.63, 3.8) is 0 Å². The van der Waals surface area contributed by atoms with E-state index >= 15 is 0 Å². The topological polar surface area (TPSA) is 72.6 Å². The third kappa shape index (κ3) is 3.79. The van der Waals surface area contributed by atoms with Crippen LogP contribution in [0.3, 0.4) is 0 Å². The average Bonchev–Trinajstić information content (AvgIpc) is 3.24. The SMILES string of the molecule is Cc1cc(COC(=O)C2CCN(C(=O)c3cccs3)CC2)no1. The molecule has 2 aromatic rings. The molecule has 0 aromatic carbocycles. The van der Waals surface area contributed by atoms with Gasteiger partial charge < -0.3 is 14.2 Å². The van der Waals surface area contributed by atoms with Crippen molar-refractivity contribution in [2.45, 2.75) is 26.4 Å². The summed E-state index contributed by atoms with van der Waals surface area (Å²) in [6.45, 7) is 3.09. The normalized spacial score (nSPS) is 15.6. The van der Waals surface area contributed by atoms with E-state index in [4.69, 9.17) is 9.26 Å². The molecule has 1 aliphatic rings. The van der Waals surface area contributed by atoms with Gasteiger partial charge in [-0.3, -0.25) is 9.59 Å². The number of likely N-dealkylation sites (tertiary alicyclic amines) is 1. The Morgan fingerprint density at radius 3 is 2.83 bits per heavy atom. The third-order valence-electron chi connectivity index (χ3n) is 3.89. The highest BCUT2D eigenvalue weighted by molar-refractivity contribution is 7.12. The Labute approximate surface area is 138 Å². The van der Waals surface area contributed by atoms with E-state index < -0.39 is 0 Å². The minimum Gasteiger partial charge on any atom is -0.459 e. The van der Waals surface area contributed by atoms with Gasteiger partial charge in [0.05, 0.1) is 10.8 Å². The fourth-order valence-corrected chi connectivity index (χ4v) is 3.31. The molecule has 3 rings (SSSR count). The van der Waals surface area contributed by atoms with Crippen molar-refractivity contribution in [3.05, 3.63) is 39.9 Å². The first-order valence-corrected chi connectivity index (χ1v) is 8.43. The maximum atomic E-state index is 12.3. The van der Waals surface area contributed by atoms with Crippen LogP contribution in [0.15, 0.2) is 28.1 Å². The lowest BCUT2D eigenvalue weighted by Gasteiger charge is -2.30. The molecule has 0 radical (unpaired) electrons. The molecule has 23 heavy (non-hydrogen) atoms. The van der Waals surface area contributed by atoms with Crippen LogP contribution in [-0.2, 0) is 16.1 Å². The van der Waals surface area contributed by atoms with Gasteiger partial charge >= 0.3 is 5.97 Å². The number of hydrogen-bond donors (Lipinski definition) is 0. The van der Waals surface area contributed by atoms with Crippen LogP contribution in [0.2, 0.25) is 0 Å². The maximum Gasteiger partial charge on any atom is 0.309 e. The molecule has 0 bridgehead atoms. The Morgan fingerprint density at radius 1 is 1.43 bits per heavy atom. The quantitative estimate of drug-likeness (QED) is 0.804. The van der Waals surface area contributed by atoms with Gasteiger partial charge in [-0.25, -0.2) is 0 Å². The summed E-state index contributed by atoms with van der Waals surface area (Å²) in [5, 5.41) is 5.68. The lowest BCUT2D eigenvalue weighted by atomic mass is 9.97. The molecule has 1 fully saturated rings. The summed E-state index contributed by atoms with van der Waals surface area (Å²) < 4.78 is 10.2.